The molecule has 3 amide bonds. The molecule has 3 N–H and O–H groups in total. The Bertz CT molecular complexity index is 1200. The van der Waals surface area contributed by atoms with Crippen molar-refractivity contribution in [1.29, 1.82) is 0 Å². The lowest BCUT2D eigenvalue weighted by molar-refractivity contribution is -0.123. The summed E-state index contributed by atoms with van der Waals surface area (Å²) in [7, 11) is -2.71. The number of benzene rings is 2. The molecule has 34 heavy (non-hydrogen) atoms. The van der Waals surface area contributed by atoms with E-state index in [1.807, 2.05) is 26.0 Å². The van der Waals surface area contributed by atoms with E-state index < -0.39 is 40.1 Å². The molecule has 2 aromatic carbocycles. The number of urea groups is 1. The van der Waals surface area contributed by atoms with Crippen LogP contribution in [0.2, 0.25) is 0 Å². The number of aryl methyl sites for hydroxylation is 2. The van der Waals surface area contributed by atoms with E-state index in [1.54, 1.807) is 26.8 Å². The lowest BCUT2D eigenvalue weighted by Gasteiger charge is -2.21. The molecule has 0 radical (unpaired) electrons. The third kappa shape index (κ3) is 7.56. The molecule has 0 aliphatic rings. The van der Waals surface area contributed by atoms with Crippen LogP contribution in [0.1, 0.15) is 42.3 Å². The van der Waals surface area contributed by atoms with Gasteiger partial charge >= 0.3 is 12.0 Å². The highest BCUT2D eigenvalue weighted by Crippen LogP contribution is 2.26. The van der Waals surface area contributed by atoms with E-state index in [2.05, 4.69) is 15.4 Å². The molecular formula is C23H29N3O7S. The first kappa shape index (κ1) is 26.8. The van der Waals surface area contributed by atoms with Crippen LogP contribution in [0.4, 0.5) is 10.5 Å². The number of esters is 1. The molecule has 2 rings (SSSR count). The Balaban J connectivity index is 2.04. The number of anilines is 1. The molecule has 0 fully saturated rings. The van der Waals surface area contributed by atoms with Crippen LogP contribution in [0.5, 0.6) is 5.75 Å². The number of ether oxygens (including phenoxy) is 2. The van der Waals surface area contributed by atoms with Gasteiger partial charge in [-0.15, -0.1) is 0 Å². The van der Waals surface area contributed by atoms with Crippen LogP contribution in [-0.2, 0) is 19.6 Å². The first-order valence-electron chi connectivity index (χ1n) is 10.3. The third-order valence-corrected chi connectivity index (χ3v) is 6.13. The van der Waals surface area contributed by atoms with Gasteiger partial charge in [0, 0.05) is 11.2 Å². The van der Waals surface area contributed by atoms with Gasteiger partial charge in [-0.1, -0.05) is 17.7 Å². The van der Waals surface area contributed by atoms with Crippen LogP contribution in [0.3, 0.4) is 0 Å². The number of methoxy groups -OCH3 is 1. The number of carbonyl (C=O) groups excluding carboxylic acids is 3. The lowest BCUT2D eigenvalue weighted by Crippen LogP contribution is -2.40. The largest absolute Gasteiger partial charge is 0.495 e. The van der Waals surface area contributed by atoms with Crippen molar-refractivity contribution in [2.24, 2.45) is 0 Å². The van der Waals surface area contributed by atoms with Crippen LogP contribution in [0.25, 0.3) is 0 Å². The second-order valence-electron chi connectivity index (χ2n) is 8.62. The molecule has 0 unspecified atom stereocenters. The Hall–Kier alpha value is -3.44. The number of rotatable bonds is 7. The van der Waals surface area contributed by atoms with Crippen LogP contribution in [0.15, 0.2) is 41.3 Å². The second-order valence-corrected chi connectivity index (χ2v) is 10.3. The minimum absolute atomic E-state index is 0.0362. The van der Waals surface area contributed by atoms with Crippen LogP contribution in [-0.4, -0.2) is 45.6 Å². The third-order valence-electron chi connectivity index (χ3n) is 4.35. The van der Waals surface area contributed by atoms with Crippen molar-refractivity contribution in [2.75, 3.05) is 19.0 Å². The lowest BCUT2D eigenvalue weighted by atomic mass is 10.1. The summed E-state index contributed by atoms with van der Waals surface area (Å²) in [5.41, 5.74) is 1.50. The van der Waals surface area contributed by atoms with E-state index >= 15 is 0 Å². The van der Waals surface area contributed by atoms with Gasteiger partial charge in [-0.3, -0.25) is 10.1 Å². The van der Waals surface area contributed by atoms with Gasteiger partial charge in [0.1, 0.15) is 10.6 Å². The summed E-state index contributed by atoms with van der Waals surface area (Å²) >= 11 is 0. The molecule has 0 spiro atoms. The molecule has 11 heteroatoms. The van der Waals surface area contributed by atoms with Crippen molar-refractivity contribution in [3.63, 3.8) is 0 Å². The van der Waals surface area contributed by atoms with Crippen molar-refractivity contribution in [3.8, 4) is 5.75 Å². The van der Waals surface area contributed by atoms with Gasteiger partial charge in [-0.25, -0.2) is 22.7 Å². The predicted octanol–water partition coefficient (Wildman–Crippen LogP) is 2.89. The smallest absolute Gasteiger partial charge is 0.338 e. The fourth-order valence-electron chi connectivity index (χ4n) is 2.96. The molecular weight excluding hydrogens is 462 g/mol. The van der Waals surface area contributed by atoms with Crippen molar-refractivity contribution >= 4 is 33.6 Å². The van der Waals surface area contributed by atoms with E-state index in [1.165, 1.54) is 19.2 Å². The van der Waals surface area contributed by atoms with E-state index in [4.69, 9.17) is 9.47 Å². The average Bonchev–Trinajstić information content (AvgIpc) is 2.71. The summed E-state index contributed by atoms with van der Waals surface area (Å²) in [4.78, 5) is 36.2. The van der Waals surface area contributed by atoms with Gasteiger partial charge in [-0.2, -0.15) is 0 Å². The first-order valence-corrected chi connectivity index (χ1v) is 11.8. The number of sulfonamides is 1. The molecule has 10 nitrogen and oxygen atoms in total. The zero-order valence-electron chi connectivity index (χ0n) is 19.9. The van der Waals surface area contributed by atoms with Gasteiger partial charge in [-0.05, 0) is 64.4 Å². The number of hydrogen-bond acceptors (Lipinski definition) is 7. The molecule has 0 aliphatic carbocycles. The summed E-state index contributed by atoms with van der Waals surface area (Å²) in [5.74, 6) is -1.76. The highest BCUT2D eigenvalue weighted by molar-refractivity contribution is 7.89. The standard InChI is InChI=1S/C23H29N3O7S/c1-14-7-9-17(15(2)11-14)24-22(29)25-20(27)13-33-21(28)16-8-10-18(32-6)19(12-16)34(30,31)26-23(3,4)5/h7-12,26H,13H2,1-6H3,(H2,24,25,27,29). The fraction of sp³-hybridized carbons (Fsp3) is 0.348. The Labute approximate surface area is 199 Å². The summed E-state index contributed by atoms with van der Waals surface area (Å²) in [5, 5.41) is 4.61. The molecule has 0 aliphatic heterocycles. The Kier molecular flexibility index (Phi) is 8.41. The maximum absolute atomic E-state index is 12.7. The minimum Gasteiger partial charge on any atom is -0.495 e. The van der Waals surface area contributed by atoms with Gasteiger partial charge in [0.15, 0.2) is 6.61 Å². The van der Waals surface area contributed by atoms with Crippen molar-refractivity contribution < 1.29 is 32.3 Å². The first-order chi connectivity index (χ1) is 15.7. The summed E-state index contributed by atoms with van der Waals surface area (Å²) in [6.45, 7) is 8.00. The van der Waals surface area contributed by atoms with Crippen LogP contribution >= 0.6 is 0 Å². The molecule has 0 saturated heterocycles. The minimum atomic E-state index is -4.01. The highest BCUT2D eigenvalue weighted by Gasteiger charge is 2.27. The number of carbonyl (C=O) groups is 3. The normalized spacial score (nSPS) is 11.5. The maximum atomic E-state index is 12.7. The van der Waals surface area contributed by atoms with Crippen LogP contribution in [0, 0.1) is 13.8 Å². The number of amides is 3. The highest BCUT2D eigenvalue weighted by atomic mass is 32.2. The monoisotopic (exact) mass is 491 g/mol. The number of nitrogens with one attached hydrogen (secondary N) is 3. The molecule has 0 aromatic heterocycles. The number of hydrogen-bond donors (Lipinski definition) is 3. The molecule has 2 aromatic rings. The van der Waals surface area contributed by atoms with Crippen LogP contribution < -0.4 is 20.1 Å². The predicted molar refractivity (Wildman–Crippen MR) is 126 cm³/mol. The van der Waals surface area contributed by atoms with Gasteiger partial charge in [0.05, 0.1) is 12.7 Å². The topological polar surface area (TPSA) is 140 Å². The summed E-state index contributed by atoms with van der Waals surface area (Å²) in [6, 6.07) is 8.33. The molecule has 0 heterocycles. The summed E-state index contributed by atoms with van der Waals surface area (Å²) < 4.78 is 38.0. The molecule has 0 saturated carbocycles. The molecule has 0 bridgehead atoms. The molecule has 0 atom stereocenters. The van der Waals surface area contributed by atoms with E-state index in [0.717, 1.165) is 17.2 Å². The van der Waals surface area contributed by atoms with Crippen molar-refractivity contribution in [1.82, 2.24) is 10.0 Å². The Morgan fingerprint density at radius 3 is 2.26 bits per heavy atom. The van der Waals surface area contributed by atoms with Gasteiger partial charge in [0.25, 0.3) is 5.91 Å². The zero-order chi connectivity index (χ0) is 25.7. The van der Waals surface area contributed by atoms with Gasteiger partial charge < -0.3 is 14.8 Å². The van der Waals surface area contributed by atoms with E-state index in [0.29, 0.717) is 5.69 Å². The van der Waals surface area contributed by atoms with Gasteiger partial charge in [0.2, 0.25) is 10.0 Å². The Morgan fingerprint density at radius 2 is 1.68 bits per heavy atom. The SMILES string of the molecule is COc1ccc(C(=O)OCC(=O)NC(=O)Nc2ccc(C)cc2C)cc1S(=O)(=O)NC(C)(C)C. The van der Waals surface area contributed by atoms with E-state index in [-0.39, 0.29) is 16.2 Å². The van der Waals surface area contributed by atoms with Crippen molar-refractivity contribution in [3.05, 3.63) is 53.1 Å². The fourth-order valence-corrected chi connectivity index (χ4v) is 4.57. The maximum Gasteiger partial charge on any atom is 0.338 e. The average molecular weight is 492 g/mol. The summed E-state index contributed by atoms with van der Waals surface area (Å²) in [6.07, 6.45) is 0. The Morgan fingerprint density at radius 1 is 1.00 bits per heavy atom. The van der Waals surface area contributed by atoms with Crippen molar-refractivity contribution in [2.45, 2.75) is 45.1 Å². The molecule has 184 valence electrons. The quantitative estimate of drug-likeness (QED) is 0.506. The second kappa shape index (κ2) is 10.7. The number of imide groups is 1. The van der Waals surface area contributed by atoms with E-state index in [9.17, 15) is 22.8 Å². The zero-order valence-corrected chi connectivity index (χ0v) is 20.8.